The van der Waals surface area contributed by atoms with Crippen molar-refractivity contribution in [3.05, 3.63) is 107 Å². The lowest BCUT2D eigenvalue weighted by Gasteiger charge is -2.12. The summed E-state index contributed by atoms with van der Waals surface area (Å²) < 4.78 is 11.6. The highest BCUT2D eigenvalue weighted by atomic mass is 16.5. The van der Waals surface area contributed by atoms with E-state index in [0.717, 1.165) is 22.3 Å². The van der Waals surface area contributed by atoms with Gasteiger partial charge in [-0.1, -0.05) is 72.3 Å². The molecule has 4 aromatic carbocycles. The van der Waals surface area contributed by atoms with Gasteiger partial charge in [-0.25, -0.2) is 0 Å². The zero-order chi connectivity index (χ0) is 21.6. The molecule has 0 unspecified atom stereocenters. The first-order valence-corrected chi connectivity index (χ1v) is 10.1. The van der Waals surface area contributed by atoms with Crippen molar-refractivity contribution < 1.29 is 9.47 Å². The van der Waals surface area contributed by atoms with Gasteiger partial charge >= 0.3 is 0 Å². The summed E-state index contributed by atoms with van der Waals surface area (Å²) in [6, 6.07) is 30.5. The lowest BCUT2D eigenvalue weighted by molar-refractivity contribution is 0.284. The van der Waals surface area contributed by atoms with Gasteiger partial charge < -0.3 is 9.47 Å². The van der Waals surface area contributed by atoms with Crippen molar-refractivity contribution in [3.8, 4) is 17.6 Å². The van der Waals surface area contributed by atoms with Gasteiger partial charge in [0.2, 0.25) is 0 Å². The number of hydrogen-bond acceptors (Lipinski definition) is 3. The average Bonchev–Trinajstić information content (AvgIpc) is 2.82. The molecular formula is C28H23NO2. The van der Waals surface area contributed by atoms with Gasteiger partial charge in [-0.3, -0.25) is 0 Å². The lowest BCUT2D eigenvalue weighted by atomic mass is 10.0. The van der Waals surface area contributed by atoms with Crippen LogP contribution in [0.4, 0.5) is 0 Å². The van der Waals surface area contributed by atoms with Crippen LogP contribution in [0.1, 0.15) is 22.3 Å². The molecule has 4 aromatic rings. The van der Waals surface area contributed by atoms with Crippen molar-refractivity contribution in [2.24, 2.45) is 0 Å². The van der Waals surface area contributed by atoms with E-state index < -0.39 is 0 Å². The van der Waals surface area contributed by atoms with Crippen molar-refractivity contribution in [1.82, 2.24) is 0 Å². The number of fused-ring (bicyclic) bond motifs is 1. The molecule has 0 amide bonds. The number of benzene rings is 4. The molecule has 0 aliphatic carbocycles. The second-order valence-corrected chi connectivity index (χ2v) is 7.42. The van der Waals surface area contributed by atoms with Crippen LogP contribution in [-0.2, 0) is 6.61 Å². The Hall–Kier alpha value is -4.03. The van der Waals surface area contributed by atoms with E-state index in [-0.39, 0.29) is 0 Å². The lowest BCUT2D eigenvalue weighted by Crippen LogP contribution is -1.98. The zero-order valence-corrected chi connectivity index (χ0v) is 17.6. The maximum absolute atomic E-state index is 9.60. The minimum absolute atomic E-state index is 0.448. The van der Waals surface area contributed by atoms with Gasteiger partial charge in [0.05, 0.1) is 18.8 Å². The fourth-order valence-electron chi connectivity index (χ4n) is 3.46. The Labute approximate surface area is 182 Å². The van der Waals surface area contributed by atoms with Crippen LogP contribution in [-0.4, -0.2) is 7.11 Å². The van der Waals surface area contributed by atoms with Gasteiger partial charge in [0, 0.05) is 0 Å². The van der Waals surface area contributed by atoms with Crippen LogP contribution >= 0.6 is 0 Å². The number of rotatable bonds is 6. The number of methoxy groups -OCH3 is 1. The first-order chi connectivity index (χ1) is 15.2. The third-order valence-electron chi connectivity index (χ3n) is 5.19. The molecule has 31 heavy (non-hydrogen) atoms. The molecule has 0 bridgehead atoms. The van der Waals surface area contributed by atoms with Crippen molar-refractivity contribution in [2.75, 3.05) is 7.11 Å². The molecule has 152 valence electrons. The molecule has 0 aliphatic rings. The van der Waals surface area contributed by atoms with Crippen LogP contribution in [0.3, 0.4) is 0 Å². The SMILES string of the molecule is COc1cc(/C=C(/C#N)c2ccc(C)cc2)ccc1OCc1ccc2ccccc2c1. The van der Waals surface area contributed by atoms with E-state index >= 15 is 0 Å². The van der Waals surface area contributed by atoms with Crippen LogP contribution in [0.15, 0.2) is 84.9 Å². The third kappa shape index (κ3) is 4.76. The van der Waals surface area contributed by atoms with Crippen molar-refractivity contribution in [3.63, 3.8) is 0 Å². The summed E-state index contributed by atoms with van der Waals surface area (Å²) in [5.74, 6) is 1.30. The van der Waals surface area contributed by atoms with Crippen molar-refractivity contribution in [1.29, 1.82) is 5.26 Å². The summed E-state index contributed by atoms with van der Waals surface area (Å²) in [5.41, 5.74) is 4.63. The summed E-state index contributed by atoms with van der Waals surface area (Å²) in [7, 11) is 1.62. The van der Waals surface area contributed by atoms with E-state index in [2.05, 4.69) is 36.4 Å². The fourth-order valence-corrected chi connectivity index (χ4v) is 3.46. The predicted octanol–water partition coefficient (Wildman–Crippen LogP) is 6.80. The molecule has 0 aromatic heterocycles. The summed E-state index contributed by atoms with van der Waals surface area (Å²) in [6.07, 6.45) is 1.86. The molecule has 0 saturated heterocycles. The number of hydrogen-bond donors (Lipinski definition) is 0. The van der Waals surface area contributed by atoms with E-state index in [4.69, 9.17) is 9.47 Å². The van der Waals surface area contributed by atoms with Gasteiger partial charge in [-0.15, -0.1) is 0 Å². The molecule has 3 nitrogen and oxygen atoms in total. The molecule has 0 N–H and O–H groups in total. The third-order valence-corrected chi connectivity index (χ3v) is 5.19. The number of nitrogens with zero attached hydrogens (tertiary/aromatic N) is 1. The topological polar surface area (TPSA) is 42.2 Å². The van der Waals surface area contributed by atoms with E-state index in [1.165, 1.54) is 10.8 Å². The maximum atomic E-state index is 9.60. The van der Waals surface area contributed by atoms with E-state index in [0.29, 0.717) is 23.7 Å². The van der Waals surface area contributed by atoms with Gasteiger partial charge in [0.1, 0.15) is 6.61 Å². The number of nitriles is 1. The highest BCUT2D eigenvalue weighted by Gasteiger charge is 2.08. The molecule has 0 heterocycles. The molecule has 0 spiro atoms. The van der Waals surface area contributed by atoms with Crippen LogP contribution in [0.2, 0.25) is 0 Å². The quantitative estimate of drug-likeness (QED) is 0.262. The first-order valence-electron chi connectivity index (χ1n) is 10.1. The summed E-state index contributed by atoms with van der Waals surface area (Å²) >= 11 is 0. The monoisotopic (exact) mass is 405 g/mol. The molecular weight excluding hydrogens is 382 g/mol. The summed E-state index contributed by atoms with van der Waals surface area (Å²) in [6.45, 7) is 2.48. The van der Waals surface area contributed by atoms with Crippen LogP contribution in [0.5, 0.6) is 11.5 Å². The molecule has 0 atom stereocenters. The van der Waals surface area contributed by atoms with Crippen LogP contribution in [0.25, 0.3) is 22.4 Å². The Morgan fingerprint density at radius 1 is 0.871 bits per heavy atom. The van der Waals surface area contributed by atoms with Gasteiger partial charge in [-0.2, -0.15) is 5.26 Å². The van der Waals surface area contributed by atoms with Gasteiger partial charge in [-0.05, 0) is 58.7 Å². The Morgan fingerprint density at radius 3 is 2.39 bits per heavy atom. The fraction of sp³-hybridized carbons (Fsp3) is 0.107. The molecule has 0 saturated carbocycles. The molecule has 0 aliphatic heterocycles. The second kappa shape index (κ2) is 9.19. The van der Waals surface area contributed by atoms with Crippen molar-refractivity contribution in [2.45, 2.75) is 13.5 Å². The van der Waals surface area contributed by atoms with Crippen LogP contribution < -0.4 is 9.47 Å². The van der Waals surface area contributed by atoms with Crippen molar-refractivity contribution >= 4 is 22.4 Å². The number of allylic oxidation sites excluding steroid dienone is 1. The Bertz CT molecular complexity index is 1280. The number of aryl methyl sites for hydroxylation is 1. The minimum atomic E-state index is 0.448. The molecule has 0 radical (unpaired) electrons. The predicted molar refractivity (Wildman–Crippen MR) is 126 cm³/mol. The van der Waals surface area contributed by atoms with E-state index in [1.807, 2.05) is 67.6 Å². The highest BCUT2D eigenvalue weighted by Crippen LogP contribution is 2.31. The standard InChI is InChI=1S/C28H23NO2/c1-20-7-11-24(12-8-20)26(18-29)15-21-10-14-27(28(17-21)30-2)31-19-22-9-13-23-5-3-4-6-25(23)16-22/h3-17H,19H2,1-2H3/b26-15-. The molecule has 4 rings (SSSR count). The van der Waals surface area contributed by atoms with Gasteiger partial charge in [0.15, 0.2) is 11.5 Å². The Balaban J connectivity index is 1.54. The van der Waals surface area contributed by atoms with E-state index in [1.54, 1.807) is 7.11 Å². The number of ether oxygens (including phenoxy) is 2. The normalized spacial score (nSPS) is 11.2. The van der Waals surface area contributed by atoms with Crippen LogP contribution in [0, 0.1) is 18.3 Å². The Kier molecular flexibility index (Phi) is 6.01. The maximum Gasteiger partial charge on any atom is 0.161 e. The van der Waals surface area contributed by atoms with E-state index in [9.17, 15) is 5.26 Å². The molecule has 3 heteroatoms. The largest absolute Gasteiger partial charge is 0.493 e. The molecule has 0 fully saturated rings. The summed E-state index contributed by atoms with van der Waals surface area (Å²) in [4.78, 5) is 0. The zero-order valence-electron chi connectivity index (χ0n) is 17.6. The average molecular weight is 405 g/mol. The first kappa shape index (κ1) is 20.3. The second-order valence-electron chi connectivity index (χ2n) is 7.42. The minimum Gasteiger partial charge on any atom is -0.493 e. The highest BCUT2D eigenvalue weighted by molar-refractivity contribution is 5.90. The summed E-state index contributed by atoms with van der Waals surface area (Å²) in [5, 5.41) is 12.0. The van der Waals surface area contributed by atoms with Gasteiger partial charge in [0.25, 0.3) is 0 Å². The Morgan fingerprint density at radius 2 is 1.65 bits per heavy atom. The smallest absolute Gasteiger partial charge is 0.161 e.